The Morgan fingerprint density at radius 2 is 1.74 bits per heavy atom. The standard InChI is InChI=1S/C25H26N4O5/c1-15(24(31)32)29(2)23(30)22(11-16-12-26-14-27-16)28-25(33)34-13-21-19-9-5-3-7-17(19)18-8-4-6-10-20(18)21/h3-10,12,14-15,21-22H,11,13H2,1-2H3,(H,26,27)(H,28,33)(H,31,32)/t15-,22-/m0/s1. The minimum atomic E-state index is -1.14. The molecule has 1 aromatic heterocycles. The Hall–Kier alpha value is -4.14. The second-order valence-corrected chi connectivity index (χ2v) is 8.27. The zero-order valence-corrected chi connectivity index (χ0v) is 18.9. The van der Waals surface area contributed by atoms with Crippen molar-refractivity contribution in [2.24, 2.45) is 0 Å². The second kappa shape index (κ2) is 9.78. The van der Waals surface area contributed by atoms with Gasteiger partial charge in [-0.3, -0.25) is 4.79 Å². The number of amides is 2. The summed E-state index contributed by atoms with van der Waals surface area (Å²) in [6, 6.07) is 13.9. The maximum absolute atomic E-state index is 13.0. The number of hydrogen-bond acceptors (Lipinski definition) is 5. The molecule has 176 valence electrons. The van der Waals surface area contributed by atoms with E-state index in [2.05, 4.69) is 15.3 Å². The van der Waals surface area contributed by atoms with E-state index in [1.54, 1.807) is 6.20 Å². The minimum Gasteiger partial charge on any atom is -0.480 e. The van der Waals surface area contributed by atoms with Crippen LogP contribution in [0.1, 0.15) is 29.7 Å². The van der Waals surface area contributed by atoms with Gasteiger partial charge in [0.25, 0.3) is 0 Å². The molecule has 2 amide bonds. The lowest BCUT2D eigenvalue weighted by molar-refractivity contribution is -0.148. The highest BCUT2D eigenvalue weighted by atomic mass is 16.5. The molecule has 9 nitrogen and oxygen atoms in total. The van der Waals surface area contributed by atoms with Gasteiger partial charge in [0.1, 0.15) is 18.7 Å². The molecule has 0 aliphatic heterocycles. The van der Waals surface area contributed by atoms with E-state index < -0.39 is 30.1 Å². The molecule has 0 bridgehead atoms. The molecule has 0 saturated heterocycles. The van der Waals surface area contributed by atoms with Gasteiger partial charge in [0.15, 0.2) is 0 Å². The van der Waals surface area contributed by atoms with Gasteiger partial charge < -0.3 is 25.0 Å². The van der Waals surface area contributed by atoms with E-state index >= 15 is 0 Å². The summed E-state index contributed by atoms with van der Waals surface area (Å²) in [5, 5.41) is 11.9. The van der Waals surface area contributed by atoms with E-state index in [0.717, 1.165) is 27.2 Å². The lowest BCUT2D eigenvalue weighted by Crippen LogP contribution is -2.52. The molecular weight excluding hydrogens is 436 g/mol. The zero-order chi connectivity index (χ0) is 24.2. The number of carboxylic acids is 1. The van der Waals surface area contributed by atoms with Gasteiger partial charge in [-0.1, -0.05) is 48.5 Å². The molecule has 34 heavy (non-hydrogen) atoms. The molecule has 0 fully saturated rings. The van der Waals surface area contributed by atoms with Crippen LogP contribution in [0.15, 0.2) is 61.1 Å². The molecule has 4 rings (SSSR count). The normalized spacial score (nSPS) is 13.9. The van der Waals surface area contributed by atoms with Crippen molar-refractivity contribution < 1.29 is 24.2 Å². The summed E-state index contributed by atoms with van der Waals surface area (Å²) in [5.41, 5.74) is 5.01. The summed E-state index contributed by atoms with van der Waals surface area (Å²) < 4.78 is 5.56. The Morgan fingerprint density at radius 3 is 2.29 bits per heavy atom. The first-order valence-corrected chi connectivity index (χ1v) is 10.9. The zero-order valence-electron chi connectivity index (χ0n) is 18.9. The largest absolute Gasteiger partial charge is 0.480 e. The lowest BCUT2D eigenvalue weighted by Gasteiger charge is -2.27. The number of aliphatic carboxylic acids is 1. The first-order chi connectivity index (χ1) is 16.4. The first kappa shape index (κ1) is 23.0. The third-order valence-electron chi connectivity index (χ3n) is 6.20. The SMILES string of the molecule is C[C@@H](C(=O)O)N(C)C(=O)[C@H](Cc1cnc[nH]1)NC(=O)OCC1c2ccccc2-c2ccccc21. The average Bonchev–Trinajstić information content (AvgIpc) is 3.47. The van der Waals surface area contributed by atoms with Gasteiger partial charge in [0.05, 0.1) is 6.33 Å². The Kier molecular flexibility index (Phi) is 6.62. The number of carboxylic acid groups (broad SMARTS) is 1. The van der Waals surface area contributed by atoms with Gasteiger partial charge in [-0.2, -0.15) is 0 Å². The van der Waals surface area contributed by atoms with Crippen LogP contribution in [-0.4, -0.2) is 63.7 Å². The van der Waals surface area contributed by atoms with Gasteiger partial charge in [-0.15, -0.1) is 0 Å². The van der Waals surface area contributed by atoms with Crippen LogP contribution >= 0.6 is 0 Å². The van der Waals surface area contributed by atoms with Crippen LogP contribution in [0.2, 0.25) is 0 Å². The molecule has 3 N–H and O–H groups in total. The third-order valence-corrected chi connectivity index (χ3v) is 6.20. The molecule has 1 heterocycles. The van der Waals surface area contributed by atoms with E-state index in [1.165, 1.54) is 20.3 Å². The van der Waals surface area contributed by atoms with E-state index in [1.807, 2.05) is 48.5 Å². The summed E-state index contributed by atoms with van der Waals surface area (Å²) in [6.45, 7) is 1.51. The minimum absolute atomic E-state index is 0.103. The van der Waals surface area contributed by atoms with Crippen molar-refractivity contribution in [1.29, 1.82) is 0 Å². The van der Waals surface area contributed by atoms with Gasteiger partial charge in [0.2, 0.25) is 5.91 Å². The molecule has 0 radical (unpaired) electrons. The number of ether oxygens (including phenoxy) is 1. The van der Waals surface area contributed by atoms with Crippen molar-refractivity contribution >= 4 is 18.0 Å². The Balaban J connectivity index is 1.47. The summed E-state index contributed by atoms with van der Waals surface area (Å²) in [4.78, 5) is 45.0. The molecule has 0 spiro atoms. The number of fused-ring (bicyclic) bond motifs is 3. The average molecular weight is 463 g/mol. The number of aromatic nitrogens is 2. The number of hydrogen-bond donors (Lipinski definition) is 3. The molecule has 2 aromatic carbocycles. The fourth-order valence-electron chi connectivity index (χ4n) is 4.20. The van der Waals surface area contributed by atoms with Crippen LogP contribution in [0.25, 0.3) is 11.1 Å². The number of nitrogens with one attached hydrogen (secondary N) is 2. The molecule has 0 unspecified atom stereocenters. The lowest BCUT2D eigenvalue weighted by atomic mass is 9.98. The molecule has 9 heteroatoms. The number of carbonyl (C=O) groups is 3. The van der Waals surface area contributed by atoms with Crippen molar-refractivity contribution in [3.8, 4) is 11.1 Å². The van der Waals surface area contributed by atoms with E-state index in [4.69, 9.17) is 4.74 Å². The Morgan fingerprint density at radius 1 is 1.12 bits per heavy atom. The van der Waals surface area contributed by atoms with Crippen LogP contribution in [0.5, 0.6) is 0 Å². The van der Waals surface area contributed by atoms with Crippen molar-refractivity contribution in [3.05, 3.63) is 77.9 Å². The molecule has 2 atom stereocenters. The number of aromatic amines is 1. The van der Waals surface area contributed by atoms with E-state index in [0.29, 0.717) is 5.69 Å². The quantitative estimate of drug-likeness (QED) is 0.473. The Labute approximate surface area is 196 Å². The fraction of sp³-hybridized carbons (Fsp3) is 0.280. The van der Waals surface area contributed by atoms with Crippen LogP contribution in [0.3, 0.4) is 0 Å². The number of alkyl carbamates (subject to hydrolysis) is 1. The Bertz CT molecular complexity index is 1150. The monoisotopic (exact) mass is 462 g/mol. The topological polar surface area (TPSA) is 125 Å². The second-order valence-electron chi connectivity index (χ2n) is 8.27. The van der Waals surface area contributed by atoms with Crippen molar-refractivity contribution in [2.75, 3.05) is 13.7 Å². The molecule has 3 aromatic rings. The molecule has 1 aliphatic rings. The third kappa shape index (κ3) is 4.63. The molecule has 0 saturated carbocycles. The summed E-state index contributed by atoms with van der Waals surface area (Å²) >= 11 is 0. The maximum Gasteiger partial charge on any atom is 0.407 e. The highest BCUT2D eigenvalue weighted by Crippen LogP contribution is 2.44. The summed E-state index contributed by atoms with van der Waals surface area (Å²) in [6.07, 6.45) is 2.37. The number of rotatable bonds is 8. The van der Waals surface area contributed by atoms with E-state index in [-0.39, 0.29) is 18.9 Å². The van der Waals surface area contributed by atoms with Crippen molar-refractivity contribution in [3.63, 3.8) is 0 Å². The number of benzene rings is 2. The summed E-state index contributed by atoms with van der Waals surface area (Å²) in [5.74, 6) is -1.80. The van der Waals surface area contributed by atoms with Crippen LogP contribution in [0.4, 0.5) is 4.79 Å². The number of H-pyrrole nitrogens is 1. The van der Waals surface area contributed by atoms with Gasteiger partial charge in [-0.25, -0.2) is 14.6 Å². The van der Waals surface area contributed by atoms with Crippen LogP contribution in [0, 0.1) is 0 Å². The predicted molar refractivity (Wildman–Crippen MR) is 124 cm³/mol. The molecular formula is C25H26N4O5. The number of imidazole rings is 1. The van der Waals surface area contributed by atoms with Crippen LogP contribution < -0.4 is 5.32 Å². The number of nitrogens with zero attached hydrogens (tertiary/aromatic N) is 2. The number of likely N-dealkylation sites (N-methyl/N-ethyl adjacent to an activating group) is 1. The maximum atomic E-state index is 13.0. The highest BCUT2D eigenvalue weighted by molar-refractivity contribution is 5.89. The summed E-state index contributed by atoms with van der Waals surface area (Å²) in [7, 11) is 1.39. The highest BCUT2D eigenvalue weighted by Gasteiger charge is 2.32. The van der Waals surface area contributed by atoms with Gasteiger partial charge in [0, 0.05) is 31.3 Å². The fourth-order valence-corrected chi connectivity index (χ4v) is 4.20. The smallest absolute Gasteiger partial charge is 0.407 e. The van der Waals surface area contributed by atoms with Gasteiger partial charge in [-0.05, 0) is 29.2 Å². The predicted octanol–water partition coefficient (Wildman–Crippen LogP) is 2.79. The first-order valence-electron chi connectivity index (χ1n) is 10.9. The van der Waals surface area contributed by atoms with Crippen molar-refractivity contribution in [2.45, 2.75) is 31.3 Å². The van der Waals surface area contributed by atoms with E-state index in [9.17, 15) is 19.5 Å². The van der Waals surface area contributed by atoms with Crippen molar-refractivity contribution in [1.82, 2.24) is 20.2 Å². The van der Waals surface area contributed by atoms with Crippen LogP contribution in [-0.2, 0) is 20.7 Å². The molecule has 1 aliphatic carbocycles. The van der Waals surface area contributed by atoms with Gasteiger partial charge >= 0.3 is 12.1 Å². The number of carbonyl (C=O) groups excluding carboxylic acids is 2.